The van der Waals surface area contributed by atoms with Gasteiger partial charge in [-0.05, 0) is 54.3 Å². The largest absolute Gasteiger partial charge is 0.438 e. The van der Waals surface area contributed by atoms with Crippen molar-refractivity contribution in [3.8, 4) is 11.6 Å². The Bertz CT molecular complexity index is 746. The topological polar surface area (TPSA) is 35.0 Å². The first-order valence-electron chi connectivity index (χ1n) is 6.00. The Morgan fingerprint density at radius 3 is 2.50 bits per heavy atom. The fourth-order valence-electron chi connectivity index (χ4n) is 1.85. The summed E-state index contributed by atoms with van der Waals surface area (Å²) in [5, 5.41) is 1.02. The van der Waals surface area contributed by atoms with Gasteiger partial charge in [0.1, 0.15) is 5.75 Å². The minimum absolute atomic E-state index is 0.180. The number of rotatable bonds is 3. The summed E-state index contributed by atoms with van der Waals surface area (Å²) in [5.74, 6) is 1.19. The van der Waals surface area contributed by atoms with Crippen molar-refractivity contribution in [1.29, 1.82) is 0 Å². The van der Waals surface area contributed by atoms with E-state index in [-0.39, 0.29) is 5.28 Å². The molecular formula is C15H11ClN2OS. The maximum atomic E-state index is 5.93. The van der Waals surface area contributed by atoms with Gasteiger partial charge in [-0.2, -0.15) is 4.98 Å². The molecule has 0 atom stereocenters. The third-order valence-electron chi connectivity index (χ3n) is 2.81. The number of fused-ring (bicyclic) bond motifs is 1. The molecule has 0 aliphatic carbocycles. The predicted molar refractivity (Wildman–Crippen MR) is 82.8 cm³/mol. The van der Waals surface area contributed by atoms with Crippen molar-refractivity contribution >= 4 is 34.3 Å². The lowest BCUT2D eigenvalue weighted by Gasteiger charge is -2.08. The fourth-order valence-corrected chi connectivity index (χ4v) is 2.43. The summed E-state index contributed by atoms with van der Waals surface area (Å²) in [5.41, 5.74) is 0.767. The summed E-state index contributed by atoms with van der Waals surface area (Å²) < 4.78 is 5.83. The highest BCUT2D eigenvalue weighted by Gasteiger charge is 2.08. The van der Waals surface area contributed by atoms with Gasteiger partial charge in [-0.25, -0.2) is 4.98 Å². The predicted octanol–water partition coefficient (Wildman–Crippen LogP) is 4.80. The Morgan fingerprint density at radius 2 is 1.75 bits per heavy atom. The highest BCUT2D eigenvalue weighted by Crippen LogP contribution is 2.29. The monoisotopic (exact) mass is 302 g/mol. The second-order valence-electron chi connectivity index (χ2n) is 4.09. The molecule has 3 aromatic rings. The number of nitrogens with zero attached hydrogens (tertiary/aromatic N) is 2. The lowest BCUT2D eigenvalue weighted by Crippen LogP contribution is -1.92. The Morgan fingerprint density at radius 1 is 1.00 bits per heavy atom. The van der Waals surface area contributed by atoms with E-state index in [9.17, 15) is 0 Å². The van der Waals surface area contributed by atoms with Crippen LogP contribution in [0.5, 0.6) is 11.6 Å². The van der Waals surface area contributed by atoms with E-state index in [4.69, 9.17) is 16.3 Å². The summed E-state index contributed by atoms with van der Waals surface area (Å²) >= 11 is 7.62. The molecule has 0 unspecified atom stereocenters. The standard InChI is InChI=1S/C15H11ClN2OS/c1-20-11-8-6-10(7-9-11)19-14-12-4-2-3-5-13(12)17-15(16)18-14/h2-9H,1H3. The number of para-hydroxylation sites is 1. The molecule has 0 aliphatic rings. The van der Waals surface area contributed by atoms with Gasteiger partial charge in [0.05, 0.1) is 10.9 Å². The quantitative estimate of drug-likeness (QED) is 0.514. The molecule has 3 nitrogen and oxygen atoms in total. The lowest BCUT2D eigenvalue weighted by atomic mass is 10.2. The zero-order valence-electron chi connectivity index (χ0n) is 10.7. The molecule has 5 heteroatoms. The number of hydrogen-bond acceptors (Lipinski definition) is 4. The van der Waals surface area contributed by atoms with Gasteiger partial charge in [-0.15, -0.1) is 11.8 Å². The molecule has 20 heavy (non-hydrogen) atoms. The first kappa shape index (κ1) is 13.2. The second kappa shape index (κ2) is 5.69. The van der Waals surface area contributed by atoms with Crippen molar-refractivity contribution in [3.63, 3.8) is 0 Å². The van der Waals surface area contributed by atoms with E-state index in [1.807, 2.05) is 54.8 Å². The molecule has 0 spiro atoms. The van der Waals surface area contributed by atoms with Crippen LogP contribution >= 0.6 is 23.4 Å². The molecule has 0 amide bonds. The lowest BCUT2D eigenvalue weighted by molar-refractivity contribution is 0.468. The molecule has 100 valence electrons. The molecular weight excluding hydrogens is 292 g/mol. The Labute approximate surface area is 126 Å². The number of ether oxygens (including phenoxy) is 1. The van der Waals surface area contributed by atoms with E-state index in [1.54, 1.807) is 11.8 Å². The Kier molecular flexibility index (Phi) is 3.76. The summed E-state index contributed by atoms with van der Waals surface area (Å²) in [4.78, 5) is 9.53. The number of aromatic nitrogens is 2. The van der Waals surface area contributed by atoms with Crippen LogP contribution < -0.4 is 4.74 Å². The molecule has 1 aromatic heterocycles. The normalized spacial score (nSPS) is 10.7. The second-order valence-corrected chi connectivity index (χ2v) is 5.31. The fraction of sp³-hybridized carbons (Fsp3) is 0.0667. The van der Waals surface area contributed by atoms with Crippen molar-refractivity contribution < 1.29 is 4.74 Å². The molecule has 0 bridgehead atoms. The van der Waals surface area contributed by atoms with Gasteiger partial charge in [0, 0.05) is 4.90 Å². The van der Waals surface area contributed by atoms with Gasteiger partial charge < -0.3 is 4.74 Å². The molecule has 0 N–H and O–H groups in total. The van der Waals surface area contributed by atoms with Gasteiger partial charge in [-0.3, -0.25) is 0 Å². The zero-order chi connectivity index (χ0) is 13.9. The van der Waals surface area contributed by atoms with Gasteiger partial charge in [0.15, 0.2) is 0 Å². The Balaban J connectivity index is 2.01. The minimum atomic E-state index is 0.180. The first-order valence-corrected chi connectivity index (χ1v) is 7.61. The highest BCUT2D eigenvalue weighted by molar-refractivity contribution is 7.98. The van der Waals surface area contributed by atoms with Gasteiger partial charge in [0.2, 0.25) is 11.2 Å². The molecule has 0 radical (unpaired) electrons. The maximum Gasteiger partial charge on any atom is 0.231 e. The van der Waals surface area contributed by atoms with Crippen LogP contribution in [0, 0.1) is 0 Å². The van der Waals surface area contributed by atoms with Crippen LogP contribution in [0.1, 0.15) is 0 Å². The molecule has 0 saturated carbocycles. The molecule has 0 fully saturated rings. The van der Waals surface area contributed by atoms with E-state index >= 15 is 0 Å². The van der Waals surface area contributed by atoms with Crippen LogP contribution in [-0.4, -0.2) is 16.2 Å². The summed E-state index contributed by atoms with van der Waals surface area (Å²) in [7, 11) is 0. The molecule has 0 saturated heterocycles. The van der Waals surface area contributed by atoms with Gasteiger partial charge >= 0.3 is 0 Å². The first-order chi connectivity index (χ1) is 9.76. The molecule has 1 heterocycles. The van der Waals surface area contributed by atoms with E-state index < -0.39 is 0 Å². The van der Waals surface area contributed by atoms with Crippen LogP contribution in [0.25, 0.3) is 10.9 Å². The summed E-state index contributed by atoms with van der Waals surface area (Å²) in [6, 6.07) is 15.5. The van der Waals surface area contributed by atoms with Gasteiger partial charge in [-0.1, -0.05) is 12.1 Å². The number of hydrogen-bond donors (Lipinski definition) is 0. The molecule has 2 aromatic carbocycles. The van der Waals surface area contributed by atoms with Crippen molar-refractivity contribution in [2.24, 2.45) is 0 Å². The van der Waals surface area contributed by atoms with Crippen molar-refractivity contribution in [3.05, 3.63) is 53.8 Å². The minimum Gasteiger partial charge on any atom is -0.438 e. The summed E-state index contributed by atoms with van der Waals surface area (Å²) in [6.45, 7) is 0. The maximum absolute atomic E-state index is 5.93. The van der Waals surface area contributed by atoms with Crippen molar-refractivity contribution in [2.45, 2.75) is 4.90 Å². The average molecular weight is 303 g/mol. The third-order valence-corrected chi connectivity index (χ3v) is 3.73. The van der Waals surface area contributed by atoms with E-state index in [1.165, 1.54) is 4.90 Å². The number of thioether (sulfide) groups is 1. The van der Waals surface area contributed by atoms with E-state index in [0.717, 1.165) is 16.7 Å². The molecule has 3 rings (SSSR count). The van der Waals surface area contributed by atoms with Gasteiger partial charge in [0.25, 0.3) is 0 Å². The van der Waals surface area contributed by atoms with Crippen LogP contribution in [0.15, 0.2) is 53.4 Å². The van der Waals surface area contributed by atoms with Crippen molar-refractivity contribution in [2.75, 3.05) is 6.26 Å². The van der Waals surface area contributed by atoms with Crippen molar-refractivity contribution in [1.82, 2.24) is 9.97 Å². The highest BCUT2D eigenvalue weighted by atomic mass is 35.5. The van der Waals surface area contributed by atoms with Crippen LogP contribution in [0.3, 0.4) is 0 Å². The average Bonchev–Trinajstić information content (AvgIpc) is 2.48. The van der Waals surface area contributed by atoms with Crippen LogP contribution in [0.4, 0.5) is 0 Å². The molecule has 0 aliphatic heterocycles. The SMILES string of the molecule is CSc1ccc(Oc2nc(Cl)nc3ccccc23)cc1. The smallest absolute Gasteiger partial charge is 0.231 e. The zero-order valence-corrected chi connectivity index (χ0v) is 12.3. The Hall–Kier alpha value is -1.78. The third kappa shape index (κ3) is 2.71. The van der Waals surface area contributed by atoms with Crippen LogP contribution in [0.2, 0.25) is 5.28 Å². The van der Waals surface area contributed by atoms with E-state index in [2.05, 4.69) is 9.97 Å². The number of halogens is 1. The van der Waals surface area contributed by atoms with E-state index in [0.29, 0.717) is 5.88 Å². The number of benzene rings is 2. The van der Waals surface area contributed by atoms with Crippen LogP contribution in [-0.2, 0) is 0 Å². The summed E-state index contributed by atoms with van der Waals surface area (Å²) in [6.07, 6.45) is 2.04.